The number of aldehydes is 1. The third-order valence-corrected chi connectivity index (χ3v) is 4.91. The molecule has 1 aliphatic heterocycles. The molecule has 26 heavy (non-hydrogen) atoms. The molecule has 0 aliphatic carbocycles. The normalized spacial score (nSPS) is 14.1. The molecule has 4 heteroatoms. The van der Waals surface area contributed by atoms with Crippen LogP contribution in [0.25, 0.3) is 0 Å². The van der Waals surface area contributed by atoms with Crippen molar-refractivity contribution in [2.45, 2.75) is 45.6 Å². The smallest absolute Gasteiger partial charge is 0.150 e. The number of carbonyl (C=O) groups excluding carboxylic acids is 1. The minimum absolute atomic E-state index is 0.483. The summed E-state index contributed by atoms with van der Waals surface area (Å²) in [6, 6.07) is 12.0. The number of ether oxygens (including phenoxy) is 1. The molecule has 0 spiro atoms. The molecule has 2 aromatic carbocycles. The van der Waals surface area contributed by atoms with Crippen molar-refractivity contribution in [1.82, 2.24) is 0 Å². The lowest BCUT2D eigenvalue weighted by Gasteiger charge is -2.33. The van der Waals surface area contributed by atoms with Gasteiger partial charge >= 0.3 is 0 Å². The summed E-state index contributed by atoms with van der Waals surface area (Å²) in [7, 11) is 0. The number of benzene rings is 2. The molecule has 1 aliphatic rings. The van der Waals surface area contributed by atoms with Crippen LogP contribution in [0.3, 0.4) is 0 Å². The van der Waals surface area contributed by atoms with Gasteiger partial charge in [-0.25, -0.2) is 0 Å². The van der Waals surface area contributed by atoms with Crippen molar-refractivity contribution in [3.63, 3.8) is 0 Å². The number of hydrogen-bond donors (Lipinski definition) is 1. The lowest BCUT2D eigenvalue weighted by molar-refractivity contribution is 0.0553. The first-order valence-corrected chi connectivity index (χ1v) is 9.19. The fourth-order valence-corrected chi connectivity index (χ4v) is 3.42. The second-order valence-electron chi connectivity index (χ2n) is 7.57. The average Bonchev–Trinajstić information content (AvgIpc) is 2.61. The lowest BCUT2D eigenvalue weighted by Crippen LogP contribution is -2.25. The van der Waals surface area contributed by atoms with Crippen LogP contribution in [0, 0.1) is 6.92 Å². The number of nitrogens with zero attached hydrogens (tertiary/aromatic N) is 1. The molecular formula is C22H27NO3. The number of rotatable bonds is 6. The highest BCUT2D eigenvalue weighted by Gasteiger charge is 2.22. The number of fused-ring (bicyclic) bond motifs is 1. The van der Waals surface area contributed by atoms with Crippen LogP contribution >= 0.6 is 0 Å². The van der Waals surface area contributed by atoms with Crippen molar-refractivity contribution in [3.8, 4) is 5.75 Å². The fraction of sp³-hybridized carbons (Fsp3) is 0.409. The molecule has 1 heterocycles. The Kier molecular flexibility index (Phi) is 5.33. The van der Waals surface area contributed by atoms with E-state index in [1.165, 1.54) is 5.56 Å². The van der Waals surface area contributed by atoms with E-state index in [1.807, 2.05) is 25.1 Å². The molecule has 4 nitrogen and oxygen atoms in total. The zero-order chi connectivity index (χ0) is 18.7. The van der Waals surface area contributed by atoms with E-state index < -0.39 is 5.60 Å². The van der Waals surface area contributed by atoms with Crippen molar-refractivity contribution in [2.75, 3.05) is 18.1 Å². The topological polar surface area (TPSA) is 49.8 Å². The molecule has 0 radical (unpaired) electrons. The maximum Gasteiger partial charge on any atom is 0.150 e. The van der Waals surface area contributed by atoms with Crippen LogP contribution in [-0.4, -0.2) is 30.1 Å². The quantitative estimate of drug-likeness (QED) is 0.781. The van der Waals surface area contributed by atoms with E-state index in [2.05, 4.69) is 23.1 Å². The minimum atomic E-state index is -0.717. The molecule has 0 aromatic heterocycles. The van der Waals surface area contributed by atoms with Gasteiger partial charge in [-0.3, -0.25) is 4.79 Å². The van der Waals surface area contributed by atoms with Gasteiger partial charge in [0.1, 0.15) is 12.0 Å². The molecule has 0 bridgehead atoms. The van der Waals surface area contributed by atoms with Crippen LogP contribution in [0.15, 0.2) is 36.4 Å². The molecular weight excluding hydrogens is 326 g/mol. The van der Waals surface area contributed by atoms with Gasteiger partial charge in [-0.1, -0.05) is 12.1 Å². The van der Waals surface area contributed by atoms with Crippen LogP contribution in [0.1, 0.15) is 48.2 Å². The Bertz CT molecular complexity index is 775. The highest BCUT2D eigenvalue weighted by atomic mass is 16.5. The van der Waals surface area contributed by atoms with Gasteiger partial charge in [0, 0.05) is 29.9 Å². The Morgan fingerprint density at radius 3 is 2.58 bits per heavy atom. The van der Waals surface area contributed by atoms with Gasteiger partial charge in [0.2, 0.25) is 0 Å². The monoisotopic (exact) mass is 353 g/mol. The average molecular weight is 353 g/mol. The molecule has 0 unspecified atom stereocenters. The van der Waals surface area contributed by atoms with Gasteiger partial charge in [-0.2, -0.15) is 0 Å². The summed E-state index contributed by atoms with van der Waals surface area (Å²) in [5.41, 5.74) is 4.64. The van der Waals surface area contributed by atoms with E-state index in [4.69, 9.17) is 4.74 Å². The molecule has 1 N–H and O–H groups in total. The summed E-state index contributed by atoms with van der Waals surface area (Å²) >= 11 is 0. The van der Waals surface area contributed by atoms with Crippen LogP contribution in [0.2, 0.25) is 0 Å². The number of aryl methyl sites for hydroxylation is 1. The second-order valence-corrected chi connectivity index (χ2v) is 7.57. The Morgan fingerprint density at radius 1 is 1.19 bits per heavy atom. The van der Waals surface area contributed by atoms with Crippen molar-refractivity contribution in [3.05, 3.63) is 53.1 Å². The maximum absolute atomic E-state index is 11.3. The van der Waals surface area contributed by atoms with E-state index in [0.717, 1.165) is 53.9 Å². The minimum Gasteiger partial charge on any atom is -0.493 e. The molecule has 0 saturated heterocycles. The first-order valence-electron chi connectivity index (χ1n) is 9.19. The molecule has 0 saturated carbocycles. The standard InChI is InChI=1S/C22H27NO3/c1-16-18(15-24)7-6-17-5-4-13-23(21(16)17)19-8-10-20(11-9-19)26-14-12-22(2,3)25/h6-11,15,25H,4-5,12-14H2,1-3H3. The summed E-state index contributed by atoms with van der Waals surface area (Å²) in [5, 5.41) is 9.76. The first-order chi connectivity index (χ1) is 12.4. The van der Waals surface area contributed by atoms with Crippen LogP contribution in [0.4, 0.5) is 11.4 Å². The first kappa shape index (κ1) is 18.5. The van der Waals surface area contributed by atoms with Crippen LogP contribution in [-0.2, 0) is 6.42 Å². The van der Waals surface area contributed by atoms with E-state index >= 15 is 0 Å². The summed E-state index contributed by atoms with van der Waals surface area (Å²) in [6.07, 6.45) is 3.66. The van der Waals surface area contributed by atoms with E-state index in [-0.39, 0.29) is 0 Å². The molecule has 138 valence electrons. The van der Waals surface area contributed by atoms with Crippen molar-refractivity contribution in [1.29, 1.82) is 0 Å². The van der Waals surface area contributed by atoms with Gasteiger partial charge in [-0.15, -0.1) is 0 Å². The zero-order valence-electron chi connectivity index (χ0n) is 15.8. The Hall–Kier alpha value is -2.33. The SMILES string of the molecule is Cc1c(C=O)ccc2c1N(c1ccc(OCCC(C)(C)O)cc1)CCC2. The Balaban J connectivity index is 1.80. The van der Waals surface area contributed by atoms with Crippen molar-refractivity contribution >= 4 is 17.7 Å². The Morgan fingerprint density at radius 2 is 1.92 bits per heavy atom. The second kappa shape index (κ2) is 7.50. The third-order valence-electron chi connectivity index (χ3n) is 4.91. The van der Waals surface area contributed by atoms with Crippen LogP contribution in [0.5, 0.6) is 5.75 Å². The van der Waals surface area contributed by atoms with Gasteiger partial charge in [0.05, 0.1) is 12.2 Å². The molecule has 0 amide bonds. The van der Waals surface area contributed by atoms with Gasteiger partial charge in [0.25, 0.3) is 0 Å². The number of carbonyl (C=O) groups is 1. The Labute approximate surface area is 155 Å². The van der Waals surface area contributed by atoms with Gasteiger partial charge < -0.3 is 14.7 Å². The summed E-state index contributed by atoms with van der Waals surface area (Å²) in [4.78, 5) is 13.6. The summed E-state index contributed by atoms with van der Waals surface area (Å²) < 4.78 is 5.73. The summed E-state index contributed by atoms with van der Waals surface area (Å²) in [6.45, 7) is 7.01. The van der Waals surface area contributed by atoms with Crippen molar-refractivity contribution in [2.24, 2.45) is 0 Å². The van der Waals surface area contributed by atoms with E-state index in [1.54, 1.807) is 13.8 Å². The van der Waals surface area contributed by atoms with Crippen molar-refractivity contribution < 1.29 is 14.6 Å². The predicted molar refractivity (Wildman–Crippen MR) is 105 cm³/mol. The predicted octanol–water partition coefficient (Wildman–Crippen LogP) is 4.43. The number of anilines is 2. The number of hydrogen-bond acceptors (Lipinski definition) is 4. The van der Waals surface area contributed by atoms with Gasteiger partial charge in [0.15, 0.2) is 0 Å². The highest BCUT2D eigenvalue weighted by Crippen LogP contribution is 2.37. The van der Waals surface area contributed by atoms with E-state index in [9.17, 15) is 9.90 Å². The number of aliphatic hydroxyl groups is 1. The largest absolute Gasteiger partial charge is 0.493 e. The summed E-state index contributed by atoms with van der Waals surface area (Å²) in [5.74, 6) is 0.800. The lowest BCUT2D eigenvalue weighted by atomic mass is 9.94. The highest BCUT2D eigenvalue weighted by molar-refractivity contribution is 5.84. The third kappa shape index (κ3) is 4.07. The fourth-order valence-electron chi connectivity index (χ4n) is 3.42. The molecule has 0 fully saturated rings. The zero-order valence-corrected chi connectivity index (χ0v) is 15.8. The van der Waals surface area contributed by atoms with Gasteiger partial charge in [-0.05, 0) is 69.0 Å². The molecule has 2 aromatic rings. The maximum atomic E-state index is 11.3. The van der Waals surface area contributed by atoms with Crippen LogP contribution < -0.4 is 9.64 Å². The molecule has 0 atom stereocenters. The van der Waals surface area contributed by atoms with E-state index in [0.29, 0.717) is 13.0 Å². The molecule has 3 rings (SSSR count).